The zero-order valence-corrected chi connectivity index (χ0v) is 15.0. The third-order valence-corrected chi connectivity index (χ3v) is 2.94. The molecule has 0 aliphatic rings. The van der Waals surface area contributed by atoms with Gasteiger partial charge in [0.1, 0.15) is 0 Å². The number of carbonyl (C=O) groups excluding carboxylic acids is 1. The monoisotopic (exact) mass is 322 g/mol. The van der Waals surface area contributed by atoms with Crippen LogP contribution >= 0.6 is 0 Å². The number of amides is 1. The van der Waals surface area contributed by atoms with Crippen LogP contribution in [0, 0.1) is 0 Å². The Labute approximate surface area is 139 Å². The van der Waals surface area contributed by atoms with E-state index in [4.69, 9.17) is 9.47 Å². The van der Waals surface area contributed by atoms with Crippen molar-refractivity contribution in [3.05, 3.63) is 23.8 Å². The summed E-state index contributed by atoms with van der Waals surface area (Å²) in [5.74, 6) is 1.12. The van der Waals surface area contributed by atoms with Crippen LogP contribution in [0.4, 0.5) is 0 Å². The third-order valence-electron chi connectivity index (χ3n) is 2.94. The predicted octanol–water partition coefficient (Wildman–Crippen LogP) is 2.88. The van der Waals surface area contributed by atoms with Crippen molar-refractivity contribution in [1.82, 2.24) is 10.6 Å². The molecular formula is C18H30N2O3. The lowest BCUT2D eigenvalue weighted by atomic mass is 10.1. The summed E-state index contributed by atoms with van der Waals surface area (Å²) in [4.78, 5) is 11.9. The van der Waals surface area contributed by atoms with Crippen molar-refractivity contribution in [3.63, 3.8) is 0 Å². The highest BCUT2D eigenvalue weighted by atomic mass is 16.5. The first kappa shape index (κ1) is 19.3. The van der Waals surface area contributed by atoms with Gasteiger partial charge in [-0.15, -0.1) is 0 Å². The smallest absolute Gasteiger partial charge is 0.258 e. The highest BCUT2D eigenvalue weighted by molar-refractivity contribution is 5.78. The Kier molecular flexibility index (Phi) is 7.89. The summed E-state index contributed by atoms with van der Waals surface area (Å²) in [6.07, 6.45) is 1.10. The third kappa shape index (κ3) is 7.88. The number of hydrogen-bond acceptors (Lipinski definition) is 4. The van der Waals surface area contributed by atoms with E-state index < -0.39 is 0 Å². The topological polar surface area (TPSA) is 59.6 Å². The van der Waals surface area contributed by atoms with E-state index in [0.717, 1.165) is 25.1 Å². The van der Waals surface area contributed by atoms with Crippen molar-refractivity contribution in [1.29, 1.82) is 0 Å². The summed E-state index contributed by atoms with van der Waals surface area (Å²) < 4.78 is 11.3. The molecule has 0 aromatic heterocycles. The second-order valence-corrected chi connectivity index (χ2v) is 6.48. The van der Waals surface area contributed by atoms with E-state index in [-0.39, 0.29) is 18.1 Å². The summed E-state index contributed by atoms with van der Waals surface area (Å²) in [7, 11) is 0. The van der Waals surface area contributed by atoms with Gasteiger partial charge in [0.05, 0.1) is 6.61 Å². The molecule has 0 aliphatic carbocycles. The second-order valence-electron chi connectivity index (χ2n) is 6.48. The van der Waals surface area contributed by atoms with Gasteiger partial charge in [0, 0.05) is 12.1 Å². The van der Waals surface area contributed by atoms with E-state index in [9.17, 15) is 4.79 Å². The van der Waals surface area contributed by atoms with Crippen molar-refractivity contribution < 1.29 is 14.3 Å². The molecule has 5 heteroatoms. The van der Waals surface area contributed by atoms with Crippen LogP contribution in [0.15, 0.2) is 18.2 Å². The molecule has 130 valence electrons. The lowest BCUT2D eigenvalue weighted by Crippen LogP contribution is -2.43. The molecular weight excluding hydrogens is 292 g/mol. The van der Waals surface area contributed by atoms with Crippen LogP contribution < -0.4 is 20.1 Å². The molecule has 0 saturated carbocycles. The highest BCUT2D eigenvalue weighted by Gasteiger charge is 2.15. The fourth-order valence-electron chi connectivity index (χ4n) is 2.06. The number of ether oxygens (including phenoxy) is 2. The van der Waals surface area contributed by atoms with Gasteiger partial charge >= 0.3 is 0 Å². The Bertz CT molecular complexity index is 496. The van der Waals surface area contributed by atoms with Crippen LogP contribution in [0.2, 0.25) is 0 Å². The lowest BCUT2D eigenvalue weighted by Gasteiger charge is -2.21. The van der Waals surface area contributed by atoms with Gasteiger partial charge in [-0.3, -0.25) is 4.79 Å². The average Bonchev–Trinajstić information content (AvgIpc) is 2.45. The van der Waals surface area contributed by atoms with Crippen molar-refractivity contribution in [2.75, 3.05) is 19.8 Å². The number of hydrogen-bond donors (Lipinski definition) is 2. The summed E-state index contributed by atoms with van der Waals surface area (Å²) >= 11 is 0. The van der Waals surface area contributed by atoms with Gasteiger partial charge in [0.2, 0.25) is 0 Å². The van der Waals surface area contributed by atoms with Gasteiger partial charge < -0.3 is 20.1 Å². The molecule has 0 unspecified atom stereocenters. The van der Waals surface area contributed by atoms with Crippen molar-refractivity contribution in [2.24, 2.45) is 0 Å². The molecule has 0 spiro atoms. The molecule has 0 radical (unpaired) electrons. The largest absolute Gasteiger partial charge is 0.490 e. The molecule has 1 aromatic rings. The Morgan fingerprint density at radius 1 is 1.13 bits per heavy atom. The van der Waals surface area contributed by atoms with Crippen LogP contribution in [-0.2, 0) is 11.3 Å². The second kappa shape index (κ2) is 9.40. The standard InChI is InChI=1S/C18H30N2O3/c1-6-10-19-12-14-8-9-15(16(11-14)22-7-2)23-13-17(21)20-18(3,4)5/h8-9,11,19H,6-7,10,12-13H2,1-5H3,(H,20,21). The molecule has 1 aromatic carbocycles. The van der Waals surface area contributed by atoms with E-state index in [1.165, 1.54) is 0 Å². The zero-order valence-electron chi connectivity index (χ0n) is 15.0. The summed E-state index contributed by atoms with van der Waals surface area (Å²) in [5.41, 5.74) is 0.867. The lowest BCUT2D eigenvalue weighted by molar-refractivity contribution is -0.124. The van der Waals surface area contributed by atoms with Crippen molar-refractivity contribution in [3.8, 4) is 11.5 Å². The van der Waals surface area contributed by atoms with Crippen molar-refractivity contribution >= 4 is 5.91 Å². The summed E-state index contributed by atoms with van der Waals surface area (Å²) in [6, 6.07) is 5.81. The number of benzene rings is 1. The number of carbonyl (C=O) groups is 1. The van der Waals surface area contributed by atoms with Crippen molar-refractivity contribution in [2.45, 2.75) is 53.1 Å². The fourth-order valence-corrected chi connectivity index (χ4v) is 2.06. The van der Waals surface area contributed by atoms with Crippen LogP contribution in [0.3, 0.4) is 0 Å². The zero-order chi connectivity index (χ0) is 17.3. The average molecular weight is 322 g/mol. The minimum absolute atomic E-state index is 0.0230. The van der Waals surface area contributed by atoms with Crippen LogP contribution in [0.1, 0.15) is 46.6 Å². The van der Waals surface area contributed by atoms with E-state index in [0.29, 0.717) is 18.1 Å². The maximum atomic E-state index is 11.9. The van der Waals surface area contributed by atoms with Gasteiger partial charge in [-0.25, -0.2) is 0 Å². The Morgan fingerprint density at radius 2 is 1.87 bits per heavy atom. The molecule has 23 heavy (non-hydrogen) atoms. The molecule has 0 atom stereocenters. The molecule has 1 rings (SSSR count). The molecule has 0 heterocycles. The highest BCUT2D eigenvalue weighted by Crippen LogP contribution is 2.28. The maximum Gasteiger partial charge on any atom is 0.258 e. The minimum Gasteiger partial charge on any atom is -0.490 e. The van der Waals surface area contributed by atoms with Crippen LogP contribution in [-0.4, -0.2) is 31.2 Å². The minimum atomic E-state index is -0.266. The Morgan fingerprint density at radius 3 is 2.48 bits per heavy atom. The Hall–Kier alpha value is -1.75. The van der Waals surface area contributed by atoms with Crippen LogP contribution in [0.5, 0.6) is 11.5 Å². The van der Waals surface area contributed by atoms with E-state index in [1.807, 2.05) is 45.9 Å². The quantitative estimate of drug-likeness (QED) is 0.686. The number of nitrogens with one attached hydrogen (secondary N) is 2. The SMILES string of the molecule is CCCNCc1ccc(OCC(=O)NC(C)(C)C)c(OCC)c1. The van der Waals surface area contributed by atoms with Crippen LogP contribution in [0.25, 0.3) is 0 Å². The van der Waals surface area contributed by atoms with Gasteiger partial charge in [0.15, 0.2) is 18.1 Å². The molecule has 5 nitrogen and oxygen atoms in total. The van der Waals surface area contributed by atoms with Gasteiger partial charge in [0.25, 0.3) is 5.91 Å². The summed E-state index contributed by atoms with van der Waals surface area (Å²) in [6.45, 7) is 12.2. The molecule has 2 N–H and O–H groups in total. The predicted molar refractivity (Wildman–Crippen MR) is 93.0 cm³/mol. The maximum absolute atomic E-state index is 11.9. The molecule has 0 saturated heterocycles. The van der Waals surface area contributed by atoms with Gasteiger partial charge in [-0.2, -0.15) is 0 Å². The van der Waals surface area contributed by atoms with Gasteiger partial charge in [-0.1, -0.05) is 13.0 Å². The summed E-state index contributed by atoms with van der Waals surface area (Å²) in [5, 5.41) is 6.23. The molecule has 0 bridgehead atoms. The fraction of sp³-hybridized carbons (Fsp3) is 0.611. The molecule has 0 aliphatic heterocycles. The molecule has 0 fully saturated rings. The first-order valence-corrected chi connectivity index (χ1v) is 8.26. The molecule has 1 amide bonds. The van der Waals surface area contributed by atoms with E-state index >= 15 is 0 Å². The van der Waals surface area contributed by atoms with Gasteiger partial charge in [-0.05, 0) is 58.4 Å². The first-order chi connectivity index (χ1) is 10.9. The normalized spacial score (nSPS) is 11.2. The number of rotatable bonds is 9. The van der Waals surface area contributed by atoms with E-state index in [1.54, 1.807) is 0 Å². The Balaban J connectivity index is 2.67. The van der Waals surface area contributed by atoms with E-state index in [2.05, 4.69) is 17.6 Å². The first-order valence-electron chi connectivity index (χ1n) is 8.26.